The zero-order valence-electron chi connectivity index (χ0n) is 11.2. The number of likely N-dealkylation sites (tertiary alicyclic amines) is 1. The summed E-state index contributed by atoms with van der Waals surface area (Å²) >= 11 is 3.17. The van der Waals surface area contributed by atoms with Crippen LogP contribution in [0.4, 0.5) is 4.39 Å². The molecule has 0 aliphatic carbocycles. The summed E-state index contributed by atoms with van der Waals surface area (Å²) in [6.45, 7) is 3.75. The normalized spacial score (nSPS) is 20.2. The minimum atomic E-state index is -0.382. The summed E-state index contributed by atoms with van der Waals surface area (Å²) in [5, 5.41) is 0. The maximum atomic E-state index is 13.5. The maximum absolute atomic E-state index is 13.5. The average molecular weight is 328 g/mol. The molecule has 1 atom stereocenters. The number of hydrogen-bond donors (Lipinski definition) is 0. The van der Waals surface area contributed by atoms with Crippen molar-refractivity contribution in [2.24, 2.45) is 5.92 Å². The van der Waals surface area contributed by atoms with Gasteiger partial charge in [0.2, 0.25) is 0 Å². The topological polar surface area (TPSA) is 20.3 Å². The first-order valence-electron chi connectivity index (χ1n) is 6.86. The van der Waals surface area contributed by atoms with Crippen molar-refractivity contribution in [3.8, 4) is 0 Å². The molecule has 0 N–H and O–H groups in total. The van der Waals surface area contributed by atoms with Crippen LogP contribution in [0.2, 0.25) is 0 Å². The lowest BCUT2D eigenvalue weighted by atomic mass is 9.98. The minimum Gasteiger partial charge on any atom is -0.339 e. The van der Waals surface area contributed by atoms with Crippen LogP contribution in [-0.4, -0.2) is 23.9 Å². The molecule has 0 aromatic heterocycles. The molecule has 1 aromatic rings. The van der Waals surface area contributed by atoms with Crippen LogP contribution in [0.15, 0.2) is 22.7 Å². The Balaban J connectivity index is 2.13. The lowest BCUT2D eigenvalue weighted by molar-refractivity contribution is 0.0758. The van der Waals surface area contributed by atoms with Crippen LogP contribution in [-0.2, 0) is 0 Å². The number of carbonyl (C=O) groups is 1. The SMILES string of the molecule is CCC1CCCN(C(=O)c2cccc(F)c2Br)CC1. The Morgan fingerprint density at radius 3 is 2.95 bits per heavy atom. The molecule has 1 aliphatic rings. The zero-order chi connectivity index (χ0) is 13.8. The largest absolute Gasteiger partial charge is 0.339 e. The van der Waals surface area contributed by atoms with Gasteiger partial charge in [-0.1, -0.05) is 19.4 Å². The van der Waals surface area contributed by atoms with Crippen molar-refractivity contribution in [2.45, 2.75) is 32.6 Å². The quantitative estimate of drug-likeness (QED) is 0.795. The molecule has 1 amide bonds. The molecule has 2 nitrogen and oxygen atoms in total. The number of amides is 1. The third-order valence-corrected chi connectivity index (χ3v) is 4.70. The summed E-state index contributed by atoms with van der Waals surface area (Å²) in [4.78, 5) is 14.3. The third kappa shape index (κ3) is 3.35. The van der Waals surface area contributed by atoms with Gasteiger partial charge in [-0.2, -0.15) is 0 Å². The molecule has 1 heterocycles. The lowest BCUT2D eigenvalue weighted by Crippen LogP contribution is -2.32. The Hall–Kier alpha value is -0.900. The van der Waals surface area contributed by atoms with Crippen LogP contribution in [0, 0.1) is 11.7 Å². The molecule has 1 unspecified atom stereocenters. The number of benzene rings is 1. The van der Waals surface area contributed by atoms with Crippen molar-refractivity contribution in [1.29, 1.82) is 0 Å². The van der Waals surface area contributed by atoms with Crippen molar-refractivity contribution in [3.63, 3.8) is 0 Å². The van der Waals surface area contributed by atoms with Crippen molar-refractivity contribution in [3.05, 3.63) is 34.1 Å². The second-order valence-electron chi connectivity index (χ2n) is 5.10. The first-order valence-corrected chi connectivity index (χ1v) is 7.66. The molecule has 1 saturated heterocycles. The van der Waals surface area contributed by atoms with Gasteiger partial charge in [-0.15, -0.1) is 0 Å². The molecule has 2 rings (SSSR count). The van der Waals surface area contributed by atoms with Gasteiger partial charge in [0, 0.05) is 13.1 Å². The smallest absolute Gasteiger partial charge is 0.255 e. The Bertz CT molecular complexity index is 463. The summed E-state index contributed by atoms with van der Waals surface area (Å²) < 4.78 is 13.8. The molecule has 0 bridgehead atoms. The van der Waals surface area contributed by atoms with Gasteiger partial charge in [0.25, 0.3) is 5.91 Å². The Kier molecular flexibility index (Phi) is 4.97. The number of nitrogens with zero attached hydrogens (tertiary/aromatic N) is 1. The van der Waals surface area contributed by atoms with Crippen LogP contribution >= 0.6 is 15.9 Å². The highest BCUT2D eigenvalue weighted by Gasteiger charge is 2.23. The monoisotopic (exact) mass is 327 g/mol. The fourth-order valence-corrected chi connectivity index (χ4v) is 3.05. The Morgan fingerprint density at radius 1 is 1.42 bits per heavy atom. The van der Waals surface area contributed by atoms with E-state index in [1.165, 1.54) is 18.9 Å². The first-order chi connectivity index (χ1) is 9.13. The highest BCUT2D eigenvalue weighted by molar-refractivity contribution is 9.10. The molecular formula is C15H19BrFNO. The maximum Gasteiger partial charge on any atom is 0.255 e. The van der Waals surface area contributed by atoms with E-state index >= 15 is 0 Å². The number of halogens is 2. The molecule has 0 radical (unpaired) electrons. The highest BCUT2D eigenvalue weighted by atomic mass is 79.9. The fourth-order valence-electron chi connectivity index (χ4n) is 2.62. The van der Waals surface area contributed by atoms with E-state index in [2.05, 4.69) is 22.9 Å². The van der Waals surface area contributed by atoms with E-state index in [-0.39, 0.29) is 16.2 Å². The fraction of sp³-hybridized carbons (Fsp3) is 0.533. The highest BCUT2D eigenvalue weighted by Crippen LogP contribution is 2.25. The zero-order valence-corrected chi connectivity index (χ0v) is 12.7. The second-order valence-corrected chi connectivity index (χ2v) is 5.89. The summed E-state index contributed by atoms with van der Waals surface area (Å²) in [6.07, 6.45) is 4.45. The van der Waals surface area contributed by atoms with Gasteiger partial charge in [0.15, 0.2) is 0 Å². The van der Waals surface area contributed by atoms with E-state index in [9.17, 15) is 9.18 Å². The van der Waals surface area contributed by atoms with Crippen LogP contribution in [0.5, 0.6) is 0 Å². The van der Waals surface area contributed by atoms with E-state index in [0.717, 1.165) is 25.9 Å². The van der Waals surface area contributed by atoms with Gasteiger partial charge >= 0.3 is 0 Å². The Morgan fingerprint density at radius 2 is 2.21 bits per heavy atom. The van der Waals surface area contributed by atoms with Crippen LogP contribution in [0.25, 0.3) is 0 Å². The average Bonchev–Trinajstić information content (AvgIpc) is 2.66. The van der Waals surface area contributed by atoms with Gasteiger partial charge in [0.05, 0.1) is 10.0 Å². The molecule has 1 fully saturated rings. The molecule has 19 heavy (non-hydrogen) atoms. The molecule has 104 valence electrons. The molecule has 1 aliphatic heterocycles. The van der Waals surface area contributed by atoms with E-state index in [4.69, 9.17) is 0 Å². The lowest BCUT2D eigenvalue weighted by Gasteiger charge is -2.21. The van der Waals surface area contributed by atoms with Gasteiger partial charge in [-0.05, 0) is 53.2 Å². The first kappa shape index (κ1) is 14.5. The molecule has 0 spiro atoms. The number of hydrogen-bond acceptors (Lipinski definition) is 1. The van der Waals surface area contributed by atoms with E-state index < -0.39 is 0 Å². The molecule has 0 saturated carbocycles. The van der Waals surface area contributed by atoms with E-state index in [1.807, 2.05) is 4.90 Å². The van der Waals surface area contributed by atoms with E-state index in [0.29, 0.717) is 11.5 Å². The Labute approximate surface area is 122 Å². The third-order valence-electron chi connectivity index (χ3n) is 3.89. The molecule has 1 aromatic carbocycles. The van der Waals surface area contributed by atoms with Crippen LogP contribution in [0.3, 0.4) is 0 Å². The van der Waals surface area contributed by atoms with E-state index in [1.54, 1.807) is 12.1 Å². The summed E-state index contributed by atoms with van der Waals surface area (Å²) in [5.74, 6) is 0.268. The molecule has 4 heteroatoms. The summed E-state index contributed by atoms with van der Waals surface area (Å²) in [6, 6.07) is 4.62. The summed E-state index contributed by atoms with van der Waals surface area (Å²) in [5.41, 5.74) is 0.426. The van der Waals surface area contributed by atoms with Crippen molar-refractivity contribution >= 4 is 21.8 Å². The number of rotatable bonds is 2. The van der Waals surface area contributed by atoms with Crippen LogP contribution in [0.1, 0.15) is 43.0 Å². The minimum absolute atomic E-state index is 0.0665. The number of carbonyl (C=O) groups excluding carboxylic acids is 1. The van der Waals surface area contributed by atoms with Crippen molar-refractivity contribution in [1.82, 2.24) is 4.90 Å². The van der Waals surface area contributed by atoms with Gasteiger partial charge in [-0.25, -0.2) is 4.39 Å². The predicted octanol–water partition coefficient (Wildman–Crippen LogP) is 4.24. The van der Waals surface area contributed by atoms with Crippen molar-refractivity contribution < 1.29 is 9.18 Å². The molecular weight excluding hydrogens is 309 g/mol. The standard InChI is InChI=1S/C15H19BrFNO/c1-2-11-5-4-9-18(10-8-11)15(19)12-6-3-7-13(17)14(12)16/h3,6-7,11H,2,4-5,8-10H2,1H3. The predicted molar refractivity (Wildman–Crippen MR) is 77.6 cm³/mol. The van der Waals surface area contributed by atoms with Gasteiger partial charge in [-0.3, -0.25) is 4.79 Å². The van der Waals surface area contributed by atoms with Crippen molar-refractivity contribution in [2.75, 3.05) is 13.1 Å². The van der Waals surface area contributed by atoms with Gasteiger partial charge < -0.3 is 4.90 Å². The second kappa shape index (κ2) is 6.51. The van der Waals surface area contributed by atoms with Gasteiger partial charge in [0.1, 0.15) is 5.82 Å². The summed E-state index contributed by atoms with van der Waals surface area (Å²) in [7, 11) is 0. The van der Waals surface area contributed by atoms with Crippen LogP contribution < -0.4 is 0 Å².